The molecule has 1 aromatic carbocycles. The third kappa shape index (κ3) is 4.35. The summed E-state index contributed by atoms with van der Waals surface area (Å²) in [5.74, 6) is -2.04. The summed E-state index contributed by atoms with van der Waals surface area (Å²) < 4.78 is 9.51. The Labute approximate surface area is 149 Å². The Kier molecular flexibility index (Phi) is 5.90. The highest BCUT2D eigenvalue weighted by Crippen LogP contribution is 2.17. The van der Waals surface area contributed by atoms with Crippen LogP contribution in [0.4, 0.5) is 5.69 Å². The van der Waals surface area contributed by atoms with Gasteiger partial charge in [0, 0.05) is 23.6 Å². The first-order chi connectivity index (χ1) is 12.3. The molecule has 1 heterocycles. The fourth-order valence-corrected chi connectivity index (χ4v) is 2.14. The lowest BCUT2D eigenvalue weighted by molar-refractivity contribution is -0.119. The smallest absolute Gasteiger partial charge is 0.344 e. The minimum absolute atomic E-state index is 0.179. The van der Waals surface area contributed by atoms with Gasteiger partial charge in [-0.3, -0.25) is 9.59 Å². The van der Waals surface area contributed by atoms with Crippen molar-refractivity contribution < 1.29 is 23.9 Å². The lowest BCUT2D eigenvalue weighted by atomic mass is 10.1. The number of benzene rings is 1. The van der Waals surface area contributed by atoms with E-state index in [1.165, 1.54) is 25.6 Å². The van der Waals surface area contributed by atoms with Gasteiger partial charge < -0.3 is 19.8 Å². The first-order valence-electron chi connectivity index (χ1n) is 7.67. The van der Waals surface area contributed by atoms with Crippen molar-refractivity contribution in [1.82, 2.24) is 4.98 Å². The molecule has 0 radical (unpaired) electrons. The van der Waals surface area contributed by atoms with E-state index in [1.54, 1.807) is 26.0 Å². The highest BCUT2D eigenvalue weighted by Gasteiger charge is 2.16. The van der Waals surface area contributed by atoms with Gasteiger partial charge in [-0.2, -0.15) is 0 Å². The summed E-state index contributed by atoms with van der Waals surface area (Å²) in [4.78, 5) is 50.0. The van der Waals surface area contributed by atoms with Gasteiger partial charge in [0.2, 0.25) is 0 Å². The number of anilines is 1. The number of hydrogen-bond donors (Lipinski definition) is 2. The van der Waals surface area contributed by atoms with Gasteiger partial charge in [-0.05, 0) is 31.5 Å². The van der Waals surface area contributed by atoms with Crippen LogP contribution in [0.15, 0.2) is 35.4 Å². The van der Waals surface area contributed by atoms with Crippen molar-refractivity contribution in [2.75, 3.05) is 19.0 Å². The van der Waals surface area contributed by atoms with Gasteiger partial charge in [0.25, 0.3) is 5.91 Å². The van der Waals surface area contributed by atoms with Crippen LogP contribution in [0.2, 0.25) is 0 Å². The number of H-pyrrole nitrogens is 1. The molecule has 0 atom stereocenters. The first-order valence-corrected chi connectivity index (χ1v) is 7.67. The molecule has 1 amide bonds. The van der Waals surface area contributed by atoms with Crippen molar-refractivity contribution in [1.29, 1.82) is 0 Å². The molecule has 0 saturated heterocycles. The van der Waals surface area contributed by atoms with Crippen LogP contribution in [0.1, 0.15) is 31.8 Å². The first kappa shape index (κ1) is 18.9. The zero-order chi connectivity index (χ0) is 19.3. The minimum atomic E-state index is -0.898. The Morgan fingerprint density at radius 2 is 1.81 bits per heavy atom. The molecule has 1 aromatic heterocycles. The lowest BCUT2D eigenvalue weighted by Gasteiger charge is -2.10. The summed E-state index contributed by atoms with van der Waals surface area (Å²) in [6, 6.07) is 4.69. The fraction of sp³-hybridized carbons (Fsp3) is 0.222. The zero-order valence-electron chi connectivity index (χ0n) is 14.5. The Morgan fingerprint density at radius 1 is 1.08 bits per heavy atom. The van der Waals surface area contributed by atoms with E-state index in [2.05, 4.69) is 15.0 Å². The molecule has 8 nitrogen and oxygen atoms in total. The van der Waals surface area contributed by atoms with Gasteiger partial charge in [-0.1, -0.05) is 6.07 Å². The van der Waals surface area contributed by atoms with Crippen LogP contribution in [0.5, 0.6) is 0 Å². The predicted molar refractivity (Wildman–Crippen MR) is 93.2 cm³/mol. The number of esters is 2. The molecule has 0 bridgehead atoms. The number of ether oxygens (including phenoxy) is 2. The molecule has 0 saturated carbocycles. The number of aromatic amines is 1. The number of nitrogens with one attached hydrogen (secondary N) is 2. The van der Waals surface area contributed by atoms with Gasteiger partial charge >= 0.3 is 11.9 Å². The number of rotatable bonds is 5. The molecule has 2 aromatic rings. The third-order valence-electron chi connectivity index (χ3n) is 3.62. The van der Waals surface area contributed by atoms with E-state index in [9.17, 15) is 19.2 Å². The number of hydrogen-bond acceptors (Lipinski definition) is 6. The van der Waals surface area contributed by atoms with E-state index in [-0.39, 0.29) is 11.1 Å². The van der Waals surface area contributed by atoms with Crippen molar-refractivity contribution in [2.45, 2.75) is 13.8 Å². The molecule has 0 spiro atoms. The van der Waals surface area contributed by atoms with Crippen LogP contribution in [-0.4, -0.2) is 36.5 Å². The molecule has 26 heavy (non-hydrogen) atoms. The SMILES string of the molecule is COC(=O)c1ccc(C)c(NC(=O)COC(=O)c2c[nH]cc(C)c2=O)c1. The zero-order valence-corrected chi connectivity index (χ0v) is 14.5. The van der Waals surface area contributed by atoms with Crippen molar-refractivity contribution in [3.8, 4) is 0 Å². The van der Waals surface area contributed by atoms with Crippen molar-refractivity contribution in [2.24, 2.45) is 0 Å². The van der Waals surface area contributed by atoms with Crippen molar-refractivity contribution >= 4 is 23.5 Å². The monoisotopic (exact) mass is 358 g/mol. The number of aromatic nitrogens is 1. The maximum atomic E-state index is 12.0. The molecule has 136 valence electrons. The second-order valence-electron chi connectivity index (χ2n) is 5.53. The summed E-state index contributed by atoms with van der Waals surface area (Å²) in [7, 11) is 1.26. The van der Waals surface area contributed by atoms with Crippen LogP contribution in [-0.2, 0) is 14.3 Å². The summed E-state index contributed by atoms with van der Waals surface area (Å²) in [5, 5.41) is 2.55. The van der Waals surface area contributed by atoms with E-state index in [0.29, 0.717) is 16.8 Å². The quantitative estimate of drug-likeness (QED) is 0.784. The molecule has 2 rings (SSSR count). The topological polar surface area (TPSA) is 115 Å². The molecule has 0 aliphatic heterocycles. The normalized spacial score (nSPS) is 10.1. The summed E-state index contributed by atoms with van der Waals surface area (Å²) in [6.45, 7) is 2.72. The van der Waals surface area contributed by atoms with E-state index in [0.717, 1.165) is 0 Å². The Bertz CT molecular complexity index is 916. The van der Waals surface area contributed by atoms with Crippen molar-refractivity contribution in [3.63, 3.8) is 0 Å². The highest BCUT2D eigenvalue weighted by atomic mass is 16.5. The molecule has 0 unspecified atom stereocenters. The molecule has 0 aliphatic rings. The van der Waals surface area contributed by atoms with Gasteiger partial charge in [-0.25, -0.2) is 9.59 Å². The van der Waals surface area contributed by atoms with E-state index in [1.807, 2.05) is 0 Å². The number of methoxy groups -OCH3 is 1. The largest absolute Gasteiger partial charge is 0.465 e. The molecule has 8 heteroatoms. The Balaban J connectivity index is 2.03. The number of aryl methyl sites for hydroxylation is 2. The summed E-state index contributed by atoms with van der Waals surface area (Å²) in [5.41, 5.74) is 1.10. The minimum Gasteiger partial charge on any atom is -0.465 e. The lowest BCUT2D eigenvalue weighted by Crippen LogP contribution is -2.25. The summed E-state index contributed by atoms with van der Waals surface area (Å²) in [6.07, 6.45) is 2.68. The van der Waals surface area contributed by atoms with Gasteiger partial charge in [0.15, 0.2) is 12.0 Å². The van der Waals surface area contributed by atoms with Crippen LogP contribution >= 0.6 is 0 Å². The van der Waals surface area contributed by atoms with Crippen LogP contribution < -0.4 is 10.7 Å². The Hall–Kier alpha value is -3.42. The van der Waals surface area contributed by atoms with E-state index >= 15 is 0 Å². The predicted octanol–water partition coefficient (Wildman–Crippen LogP) is 1.57. The number of carbonyl (C=O) groups excluding carboxylic acids is 3. The third-order valence-corrected chi connectivity index (χ3v) is 3.62. The van der Waals surface area contributed by atoms with Gasteiger partial charge in [0.1, 0.15) is 5.56 Å². The highest BCUT2D eigenvalue weighted by molar-refractivity contribution is 5.97. The summed E-state index contributed by atoms with van der Waals surface area (Å²) >= 11 is 0. The van der Waals surface area contributed by atoms with Crippen LogP contribution in [0, 0.1) is 13.8 Å². The van der Waals surface area contributed by atoms with Gasteiger partial charge in [-0.15, -0.1) is 0 Å². The maximum Gasteiger partial charge on any atom is 0.344 e. The van der Waals surface area contributed by atoms with Crippen molar-refractivity contribution in [3.05, 3.63) is 63.1 Å². The number of amides is 1. The second kappa shape index (κ2) is 8.11. The Morgan fingerprint density at radius 3 is 2.50 bits per heavy atom. The van der Waals surface area contributed by atoms with Crippen LogP contribution in [0.3, 0.4) is 0 Å². The van der Waals surface area contributed by atoms with Crippen LogP contribution in [0.25, 0.3) is 0 Å². The second-order valence-corrected chi connectivity index (χ2v) is 5.53. The fourth-order valence-electron chi connectivity index (χ4n) is 2.14. The average Bonchev–Trinajstić information content (AvgIpc) is 2.63. The molecule has 2 N–H and O–H groups in total. The standard InChI is InChI=1S/C18H18N2O6/c1-10-4-5-12(17(23)25-3)6-14(10)20-15(21)9-26-18(24)13-8-19-7-11(2)16(13)22/h4-8H,9H2,1-3H3,(H,19,22)(H,20,21). The molecular weight excluding hydrogens is 340 g/mol. The molecular formula is C18H18N2O6. The van der Waals surface area contributed by atoms with E-state index < -0.39 is 29.9 Å². The van der Waals surface area contributed by atoms with Gasteiger partial charge in [0.05, 0.1) is 12.7 Å². The maximum absolute atomic E-state index is 12.0. The molecule has 0 aliphatic carbocycles. The number of carbonyl (C=O) groups is 3. The molecule has 0 fully saturated rings. The average molecular weight is 358 g/mol. The van der Waals surface area contributed by atoms with E-state index in [4.69, 9.17) is 4.74 Å². The number of pyridine rings is 1.